The Morgan fingerprint density at radius 1 is 1.30 bits per heavy atom. The van der Waals surface area contributed by atoms with Crippen molar-refractivity contribution in [2.24, 2.45) is 0 Å². The monoisotopic (exact) mass is 333 g/mol. The van der Waals surface area contributed by atoms with Crippen molar-refractivity contribution in [3.63, 3.8) is 0 Å². The molecule has 2 rings (SSSR count). The number of aryl methyl sites for hydroxylation is 1. The first kappa shape index (κ1) is 14.5. The Morgan fingerprint density at radius 3 is 2.75 bits per heavy atom. The van der Waals surface area contributed by atoms with Gasteiger partial charge in [0.2, 0.25) is 0 Å². The highest BCUT2D eigenvalue weighted by Crippen LogP contribution is 2.26. The summed E-state index contributed by atoms with van der Waals surface area (Å²) in [5.74, 6) is -0.223. The van der Waals surface area contributed by atoms with Gasteiger partial charge in [0, 0.05) is 11.0 Å². The number of carbonyl (C=O) groups is 1. The number of hydrogen-bond acceptors (Lipinski definition) is 3. The number of amides is 1. The fourth-order valence-corrected chi connectivity index (χ4v) is 2.13. The largest absolute Gasteiger partial charge is 0.384 e. The third kappa shape index (κ3) is 3.36. The van der Waals surface area contributed by atoms with E-state index in [1.54, 1.807) is 12.3 Å². The maximum absolute atomic E-state index is 12.1. The van der Waals surface area contributed by atoms with Crippen LogP contribution >= 0.6 is 15.9 Å². The molecule has 0 saturated heterocycles. The number of benzene rings is 1. The summed E-state index contributed by atoms with van der Waals surface area (Å²) in [6.45, 7) is 4.81. The van der Waals surface area contributed by atoms with E-state index in [0.717, 1.165) is 28.0 Å². The Balaban J connectivity index is 2.13. The zero-order valence-corrected chi connectivity index (χ0v) is 13.0. The molecular weight excluding hydrogens is 318 g/mol. The normalized spacial score (nSPS) is 10.2. The number of nitrogens with zero attached hydrogens (tertiary/aromatic N) is 1. The Hall–Kier alpha value is -1.88. The summed E-state index contributed by atoms with van der Waals surface area (Å²) in [7, 11) is 0. The topological polar surface area (TPSA) is 54.0 Å². The molecule has 0 radical (unpaired) electrons. The van der Waals surface area contributed by atoms with Crippen LogP contribution in [-0.2, 0) is 0 Å². The van der Waals surface area contributed by atoms with E-state index in [1.165, 1.54) is 0 Å². The van der Waals surface area contributed by atoms with Crippen molar-refractivity contribution < 1.29 is 4.79 Å². The summed E-state index contributed by atoms with van der Waals surface area (Å²) in [5.41, 5.74) is 3.10. The van der Waals surface area contributed by atoms with Crippen LogP contribution in [0.2, 0.25) is 0 Å². The molecule has 20 heavy (non-hydrogen) atoms. The van der Waals surface area contributed by atoms with Crippen molar-refractivity contribution in [1.82, 2.24) is 4.98 Å². The predicted molar refractivity (Wildman–Crippen MR) is 85.2 cm³/mol. The molecule has 2 N–H and O–H groups in total. The predicted octanol–water partition coefficient (Wildman–Crippen LogP) is 3.84. The Kier molecular flexibility index (Phi) is 4.74. The molecule has 0 saturated carbocycles. The molecule has 1 amide bonds. The maximum Gasteiger partial charge on any atom is 0.274 e. The van der Waals surface area contributed by atoms with Gasteiger partial charge in [-0.1, -0.05) is 12.1 Å². The molecule has 0 spiro atoms. The summed E-state index contributed by atoms with van der Waals surface area (Å²) in [6, 6.07) is 9.27. The van der Waals surface area contributed by atoms with Crippen LogP contribution in [0.15, 0.2) is 41.0 Å². The minimum absolute atomic E-state index is 0.223. The number of halogens is 1. The van der Waals surface area contributed by atoms with E-state index >= 15 is 0 Å². The number of carbonyl (C=O) groups excluding carboxylic acids is 1. The van der Waals surface area contributed by atoms with Gasteiger partial charge in [-0.05, 0) is 53.5 Å². The van der Waals surface area contributed by atoms with Gasteiger partial charge in [-0.15, -0.1) is 0 Å². The van der Waals surface area contributed by atoms with Crippen LogP contribution in [0.1, 0.15) is 23.0 Å². The quantitative estimate of drug-likeness (QED) is 0.893. The van der Waals surface area contributed by atoms with E-state index < -0.39 is 0 Å². The third-order valence-corrected chi connectivity index (χ3v) is 3.87. The number of pyridine rings is 1. The standard InChI is InChI=1S/C15H16BrN3O/c1-3-17-11-7-8-13(18-9-11)15(20)19-12-6-4-5-10(2)14(12)16/h4-9,17H,3H2,1-2H3,(H,19,20). The summed E-state index contributed by atoms with van der Waals surface area (Å²) in [6.07, 6.45) is 1.66. The van der Waals surface area contributed by atoms with E-state index in [2.05, 4.69) is 31.5 Å². The Morgan fingerprint density at radius 2 is 2.10 bits per heavy atom. The van der Waals surface area contributed by atoms with Gasteiger partial charge in [0.05, 0.1) is 17.6 Å². The number of anilines is 2. The zero-order chi connectivity index (χ0) is 14.5. The lowest BCUT2D eigenvalue weighted by Gasteiger charge is -2.09. The summed E-state index contributed by atoms with van der Waals surface area (Å²) in [5, 5.41) is 5.99. The molecule has 0 aliphatic carbocycles. The first-order chi connectivity index (χ1) is 9.61. The fourth-order valence-electron chi connectivity index (χ4n) is 1.77. The van der Waals surface area contributed by atoms with Gasteiger partial charge in [0.1, 0.15) is 5.69 Å². The van der Waals surface area contributed by atoms with Crippen molar-refractivity contribution in [3.8, 4) is 0 Å². The molecule has 0 fully saturated rings. The number of hydrogen-bond donors (Lipinski definition) is 2. The van der Waals surface area contributed by atoms with Crippen molar-refractivity contribution in [2.75, 3.05) is 17.2 Å². The highest BCUT2D eigenvalue weighted by Gasteiger charge is 2.10. The first-order valence-corrected chi connectivity index (χ1v) is 7.17. The minimum Gasteiger partial charge on any atom is -0.384 e. The Bertz CT molecular complexity index is 611. The number of aromatic nitrogens is 1. The molecule has 0 atom stereocenters. The van der Waals surface area contributed by atoms with E-state index in [9.17, 15) is 4.79 Å². The number of nitrogens with one attached hydrogen (secondary N) is 2. The third-order valence-electron chi connectivity index (χ3n) is 2.82. The number of rotatable bonds is 4. The van der Waals surface area contributed by atoms with Gasteiger partial charge in [-0.2, -0.15) is 0 Å². The second-order valence-electron chi connectivity index (χ2n) is 4.35. The molecular formula is C15H16BrN3O. The molecule has 2 aromatic rings. The lowest BCUT2D eigenvalue weighted by molar-refractivity contribution is 0.102. The molecule has 1 aromatic carbocycles. The summed E-state index contributed by atoms with van der Waals surface area (Å²) >= 11 is 3.47. The summed E-state index contributed by atoms with van der Waals surface area (Å²) in [4.78, 5) is 16.3. The van der Waals surface area contributed by atoms with E-state index in [4.69, 9.17) is 0 Å². The SMILES string of the molecule is CCNc1ccc(C(=O)Nc2cccc(C)c2Br)nc1. The van der Waals surface area contributed by atoms with Crippen LogP contribution < -0.4 is 10.6 Å². The van der Waals surface area contributed by atoms with Crippen LogP contribution in [0.4, 0.5) is 11.4 Å². The highest BCUT2D eigenvalue weighted by molar-refractivity contribution is 9.10. The molecule has 1 heterocycles. The average molecular weight is 334 g/mol. The molecule has 104 valence electrons. The Labute approximate surface area is 126 Å². The van der Waals surface area contributed by atoms with Crippen LogP contribution in [0.25, 0.3) is 0 Å². The first-order valence-electron chi connectivity index (χ1n) is 6.38. The van der Waals surface area contributed by atoms with Crippen LogP contribution in [0, 0.1) is 6.92 Å². The van der Waals surface area contributed by atoms with Gasteiger partial charge in [-0.25, -0.2) is 4.98 Å². The second-order valence-corrected chi connectivity index (χ2v) is 5.15. The minimum atomic E-state index is -0.223. The molecule has 0 aliphatic heterocycles. The van der Waals surface area contributed by atoms with E-state index in [1.807, 2.05) is 38.1 Å². The molecule has 4 nitrogen and oxygen atoms in total. The van der Waals surface area contributed by atoms with Crippen molar-refractivity contribution >= 4 is 33.2 Å². The van der Waals surface area contributed by atoms with Crippen LogP contribution in [-0.4, -0.2) is 17.4 Å². The molecule has 0 aliphatic rings. The van der Waals surface area contributed by atoms with Crippen molar-refractivity contribution in [2.45, 2.75) is 13.8 Å². The van der Waals surface area contributed by atoms with Crippen LogP contribution in [0.5, 0.6) is 0 Å². The van der Waals surface area contributed by atoms with Gasteiger partial charge < -0.3 is 10.6 Å². The van der Waals surface area contributed by atoms with E-state index in [-0.39, 0.29) is 5.91 Å². The molecule has 5 heteroatoms. The van der Waals surface area contributed by atoms with E-state index in [0.29, 0.717) is 5.69 Å². The smallest absolute Gasteiger partial charge is 0.274 e. The molecule has 1 aromatic heterocycles. The van der Waals surface area contributed by atoms with Gasteiger partial charge >= 0.3 is 0 Å². The zero-order valence-electron chi connectivity index (χ0n) is 11.4. The molecule has 0 unspecified atom stereocenters. The lowest BCUT2D eigenvalue weighted by Crippen LogP contribution is -2.14. The van der Waals surface area contributed by atoms with Gasteiger partial charge in [0.15, 0.2) is 0 Å². The van der Waals surface area contributed by atoms with Crippen LogP contribution in [0.3, 0.4) is 0 Å². The van der Waals surface area contributed by atoms with Gasteiger partial charge in [-0.3, -0.25) is 4.79 Å². The highest BCUT2D eigenvalue weighted by atomic mass is 79.9. The fraction of sp³-hybridized carbons (Fsp3) is 0.200. The molecule has 0 bridgehead atoms. The second kappa shape index (κ2) is 6.52. The maximum atomic E-state index is 12.1. The van der Waals surface area contributed by atoms with Crippen molar-refractivity contribution in [3.05, 3.63) is 52.3 Å². The average Bonchev–Trinajstić information content (AvgIpc) is 2.45. The lowest BCUT2D eigenvalue weighted by atomic mass is 10.2. The summed E-state index contributed by atoms with van der Waals surface area (Å²) < 4.78 is 0.887. The van der Waals surface area contributed by atoms with Crippen molar-refractivity contribution in [1.29, 1.82) is 0 Å². The van der Waals surface area contributed by atoms with Gasteiger partial charge in [0.25, 0.3) is 5.91 Å².